The molecule has 29 heavy (non-hydrogen) atoms. The molecule has 0 aliphatic heterocycles. The smallest absolute Gasteiger partial charge is 0.265 e. The third-order valence-corrected chi connectivity index (χ3v) is 4.86. The van der Waals surface area contributed by atoms with Crippen molar-refractivity contribution in [2.75, 3.05) is 19.0 Å². The Kier molecular flexibility index (Phi) is 6.82. The second-order valence-corrected chi connectivity index (χ2v) is 7.06. The van der Waals surface area contributed by atoms with Crippen molar-refractivity contribution >= 4 is 22.7 Å². The Morgan fingerprint density at radius 1 is 1.24 bits per heavy atom. The predicted molar refractivity (Wildman–Crippen MR) is 113 cm³/mol. The maximum atomic E-state index is 12.9. The second kappa shape index (κ2) is 9.52. The number of fused-ring (bicyclic) bond motifs is 1. The van der Waals surface area contributed by atoms with Crippen LogP contribution in [0.2, 0.25) is 0 Å². The number of furan rings is 1. The summed E-state index contributed by atoms with van der Waals surface area (Å²) in [6, 6.07) is 7.77. The molecular formula is C22H27N3O4. The number of aromatic nitrogens is 2. The molecule has 0 radical (unpaired) electrons. The molecule has 7 heteroatoms. The van der Waals surface area contributed by atoms with Gasteiger partial charge in [0.05, 0.1) is 5.56 Å². The number of methoxy groups -OCH3 is 1. The normalized spacial score (nSPS) is 11.1. The molecular weight excluding hydrogens is 370 g/mol. The van der Waals surface area contributed by atoms with Crippen LogP contribution in [0.5, 0.6) is 0 Å². The Bertz CT molecular complexity index is 1030. The van der Waals surface area contributed by atoms with Crippen LogP contribution in [0.3, 0.4) is 0 Å². The maximum Gasteiger partial charge on any atom is 0.265 e. The number of anilines is 1. The molecule has 0 saturated carbocycles. The predicted octanol–water partition coefficient (Wildman–Crippen LogP) is 3.93. The van der Waals surface area contributed by atoms with E-state index in [4.69, 9.17) is 9.15 Å². The van der Waals surface area contributed by atoms with Gasteiger partial charge in [-0.2, -0.15) is 0 Å². The van der Waals surface area contributed by atoms with Crippen LogP contribution in [0.15, 0.2) is 39.8 Å². The number of nitrogens with zero attached hydrogens (tertiary/aromatic N) is 2. The van der Waals surface area contributed by atoms with Crippen LogP contribution in [0, 0.1) is 6.92 Å². The van der Waals surface area contributed by atoms with Crippen LogP contribution < -0.4 is 10.9 Å². The molecule has 0 atom stereocenters. The lowest BCUT2D eigenvalue weighted by atomic mass is 10.1. The van der Waals surface area contributed by atoms with Crippen LogP contribution >= 0.6 is 0 Å². The molecule has 2 heterocycles. The third kappa shape index (κ3) is 4.74. The number of unbranched alkanes of at least 4 members (excludes halogenated alkanes) is 1. The Balaban J connectivity index is 1.86. The third-order valence-electron chi connectivity index (χ3n) is 4.86. The first kappa shape index (κ1) is 20.8. The summed E-state index contributed by atoms with van der Waals surface area (Å²) < 4.78 is 12.1. The molecule has 2 aromatic heterocycles. The number of benzene rings is 1. The Hall–Kier alpha value is -2.93. The fraction of sp³-hybridized carbons (Fsp3) is 0.409. The number of rotatable bonds is 9. The lowest BCUT2D eigenvalue weighted by molar-refractivity contribution is 0.102. The van der Waals surface area contributed by atoms with Crippen LogP contribution in [0.1, 0.15) is 47.9 Å². The minimum atomic E-state index is -0.379. The van der Waals surface area contributed by atoms with Crippen molar-refractivity contribution in [3.8, 4) is 0 Å². The SMILES string of the molecule is CCCCc1ccc(NC(=O)c2c(C)oc3ncn(CCCOC)c(=O)c23)cc1. The lowest BCUT2D eigenvalue weighted by Crippen LogP contribution is -2.23. The topological polar surface area (TPSA) is 86.4 Å². The van der Waals surface area contributed by atoms with Gasteiger partial charge in [0.1, 0.15) is 17.5 Å². The summed E-state index contributed by atoms with van der Waals surface area (Å²) in [7, 11) is 1.61. The van der Waals surface area contributed by atoms with E-state index >= 15 is 0 Å². The number of carbonyl (C=O) groups excluding carboxylic acids is 1. The van der Waals surface area contributed by atoms with E-state index in [1.165, 1.54) is 16.5 Å². The molecule has 154 valence electrons. The van der Waals surface area contributed by atoms with Gasteiger partial charge in [0, 0.05) is 25.9 Å². The van der Waals surface area contributed by atoms with Crippen molar-refractivity contribution in [2.24, 2.45) is 0 Å². The number of carbonyl (C=O) groups is 1. The highest BCUT2D eigenvalue weighted by Crippen LogP contribution is 2.22. The number of hydrogen-bond donors (Lipinski definition) is 1. The molecule has 7 nitrogen and oxygen atoms in total. The summed E-state index contributed by atoms with van der Waals surface area (Å²) in [5, 5.41) is 3.07. The lowest BCUT2D eigenvalue weighted by Gasteiger charge is -2.07. The van der Waals surface area contributed by atoms with Gasteiger partial charge in [-0.25, -0.2) is 4.98 Å². The first-order valence-corrected chi connectivity index (χ1v) is 9.93. The molecule has 1 N–H and O–H groups in total. The Morgan fingerprint density at radius 2 is 2.00 bits per heavy atom. The zero-order valence-electron chi connectivity index (χ0n) is 17.2. The van der Waals surface area contributed by atoms with Gasteiger partial charge in [-0.3, -0.25) is 14.2 Å². The fourth-order valence-electron chi connectivity index (χ4n) is 3.28. The van der Waals surface area contributed by atoms with E-state index in [0.717, 1.165) is 19.3 Å². The molecule has 0 unspecified atom stereocenters. The summed E-state index contributed by atoms with van der Waals surface area (Å²) >= 11 is 0. The van der Waals surface area contributed by atoms with Crippen molar-refractivity contribution in [1.82, 2.24) is 9.55 Å². The molecule has 0 aliphatic carbocycles. The second-order valence-electron chi connectivity index (χ2n) is 7.06. The van der Waals surface area contributed by atoms with E-state index in [1.54, 1.807) is 14.0 Å². The van der Waals surface area contributed by atoms with Crippen molar-refractivity contribution in [3.05, 3.63) is 57.8 Å². The fourth-order valence-corrected chi connectivity index (χ4v) is 3.28. The van der Waals surface area contributed by atoms with Crippen molar-refractivity contribution in [2.45, 2.75) is 46.1 Å². The molecule has 3 aromatic rings. The number of ether oxygens (including phenoxy) is 1. The molecule has 0 bridgehead atoms. The minimum absolute atomic E-state index is 0.176. The number of aryl methyl sites for hydroxylation is 3. The van der Waals surface area contributed by atoms with Gasteiger partial charge in [-0.05, 0) is 43.9 Å². The van der Waals surface area contributed by atoms with Gasteiger partial charge in [0.25, 0.3) is 11.5 Å². The van der Waals surface area contributed by atoms with E-state index in [-0.39, 0.29) is 28.1 Å². The quantitative estimate of drug-likeness (QED) is 0.553. The van der Waals surface area contributed by atoms with Gasteiger partial charge in [0.2, 0.25) is 5.71 Å². The maximum absolute atomic E-state index is 12.9. The van der Waals surface area contributed by atoms with Gasteiger partial charge >= 0.3 is 0 Å². The van der Waals surface area contributed by atoms with E-state index in [9.17, 15) is 9.59 Å². The Morgan fingerprint density at radius 3 is 2.69 bits per heavy atom. The van der Waals surface area contributed by atoms with E-state index in [0.29, 0.717) is 31.0 Å². The number of hydrogen-bond acceptors (Lipinski definition) is 5. The highest BCUT2D eigenvalue weighted by atomic mass is 16.5. The summed E-state index contributed by atoms with van der Waals surface area (Å²) in [4.78, 5) is 30.0. The van der Waals surface area contributed by atoms with Crippen molar-refractivity contribution in [1.29, 1.82) is 0 Å². The minimum Gasteiger partial charge on any atom is -0.442 e. The highest BCUT2D eigenvalue weighted by Gasteiger charge is 2.23. The standard InChI is InChI=1S/C22H27N3O4/c1-4-5-7-16-8-10-17(11-9-16)24-20(26)18-15(2)29-21-19(18)22(27)25(14-23-21)12-6-13-28-3/h8-11,14H,4-7,12-13H2,1-3H3,(H,24,26). The van der Waals surface area contributed by atoms with Crippen molar-refractivity contribution < 1.29 is 13.9 Å². The van der Waals surface area contributed by atoms with Crippen LogP contribution in [0.25, 0.3) is 11.1 Å². The summed E-state index contributed by atoms with van der Waals surface area (Å²) in [6.45, 7) is 4.82. The molecule has 0 saturated heterocycles. The van der Waals surface area contributed by atoms with Gasteiger partial charge in [0.15, 0.2) is 0 Å². The summed E-state index contributed by atoms with van der Waals surface area (Å²) in [5.74, 6) is -0.00703. The van der Waals surface area contributed by atoms with Crippen molar-refractivity contribution in [3.63, 3.8) is 0 Å². The molecule has 1 amide bonds. The average Bonchev–Trinajstić information content (AvgIpc) is 3.06. The summed E-state index contributed by atoms with van der Waals surface area (Å²) in [5.41, 5.74) is 2.03. The van der Waals surface area contributed by atoms with E-state index in [1.807, 2.05) is 24.3 Å². The highest BCUT2D eigenvalue weighted by molar-refractivity contribution is 6.12. The number of nitrogens with one attached hydrogen (secondary N) is 1. The van der Waals surface area contributed by atoms with Gasteiger partial charge < -0.3 is 14.5 Å². The van der Waals surface area contributed by atoms with E-state index < -0.39 is 0 Å². The zero-order chi connectivity index (χ0) is 20.8. The Labute approximate surface area is 169 Å². The van der Waals surface area contributed by atoms with Crippen LogP contribution in [-0.2, 0) is 17.7 Å². The number of amides is 1. The van der Waals surface area contributed by atoms with Gasteiger partial charge in [-0.15, -0.1) is 0 Å². The molecule has 3 rings (SSSR count). The molecule has 1 aromatic carbocycles. The summed E-state index contributed by atoms with van der Waals surface area (Å²) in [6.07, 6.45) is 5.41. The average molecular weight is 397 g/mol. The zero-order valence-corrected chi connectivity index (χ0v) is 17.2. The molecule has 0 aliphatic rings. The van der Waals surface area contributed by atoms with Crippen LogP contribution in [-0.4, -0.2) is 29.2 Å². The van der Waals surface area contributed by atoms with Crippen LogP contribution in [0.4, 0.5) is 5.69 Å². The molecule has 0 fully saturated rings. The first-order chi connectivity index (χ1) is 14.0. The molecule has 0 spiro atoms. The largest absolute Gasteiger partial charge is 0.442 e. The van der Waals surface area contributed by atoms with E-state index in [2.05, 4.69) is 17.2 Å². The van der Waals surface area contributed by atoms with Gasteiger partial charge in [-0.1, -0.05) is 25.5 Å². The first-order valence-electron chi connectivity index (χ1n) is 9.93. The monoisotopic (exact) mass is 397 g/mol.